The Labute approximate surface area is 135 Å². The zero-order valence-corrected chi connectivity index (χ0v) is 14.7. The Morgan fingerprint density at radius 3 is 2.45 bits per heavy atom. The summed E-state index contributed by atoms with van der Waals surface area (Å²) < 4.78 is 0. The van der Waals surface area contributed by atoms with Crippen LogP contribution in [-0.4, -0.2) is 11.6 Å². The molecule has 0 aromatic rings. The molecule has 2 heteroatoms. The number of fused-ring (bicyclic) bond motifs is 1. The van der Waals surface area contributed by atoms with Crippen LogP contribution in [0.2, 0.25) is 0 Å². The SMILES string of the molecule is C=C1C(=O)C2C(=O)CC(C(C)C)C(CCCC)C2CC1CC. The Balaban J connectivity index is 2.33. The van der Waals surface area contributed by atoms with Crippen molar-refractivity contribution in [2.45, 2.75) is 66.2 Å². The quantitative estimate of drug-likeness (QED) is 0.539. The highest BCUT2D eigenvalue weighted by Gasteiger charge is 2.51. The van der Waals surface area contributed by atoms with Gasteiger partial charge in [0.2, 0.25) is 0 Å². The molecule has 2 aliphatic rings. The number of allylic oxidation sites excluding steroid dienone is 1. The molecule has 0 heterocycles. The van der Waals surface area contributed by atoms with Crippen LogP contribution in [0, 0.1) is 35.5 Å². The number of rotatable bonds is 5. The first-order chi connectivity index (χ1) is 10.4. The number of ketones is 2. The second kappa shape index (κ2) is 7.10. The first-order valence-corrected chi connectivity index (χ1v) is 9.17. The monoisotopic (exact) mass is 304 g/mol. The van der Waals surface area contributed by atoms with Gasteiger partial charge in [0.05, 0.1) is 5.92 Å². The van der Waals surface area contributed by atoms with Crippen molar-refractivity contribution in [1.29, 1.82) is 0 Å². The van der Waals surface area contributed by atoms with Crippen LogP contribution < -0.4 is 0 Å². The van der Waals surface area contributed by atoms with Crippen molar-refractivity contribution in [3.05, 3.63) is 12.2 Å². The summed E-state index contributed by atoms with van der Waals surface area (Å²) in [5.41, 5.74) is 0.717. The van der Waals surface area contributed by atoms with Gasteiger partial charge in [-0.1, -0.05) is 47.1 Å². The van der Waals surface area contributed by atoms with E-state index in [1.165, 1.54) is 19.3 Å². The van der Waals surface area contributed by atoms with E-state index in [0.29, 0.717) is 29.7 Å². The van der Waals surface area contributed by atoms with E-state index >= 15 is 0 Å². The van der Waals surface area contributed by atoms with Crippen LogP contribution in [0.25, 0.3) is 0 Å². The lowest BCUT2D eigenvalue weighted by atomic mass is 9.55. The molecule has 0 N–H and O–H groups in total. The molecule has 0 amide bonds. The molecule has 2 nitrogen and oxygen atoms in total. The van der Waals surface area contributed by atoms with E-state index in [1.54, 1.807) is 0 Å². The topological polar surface area (TPSA) is 34.1 Å². The lowest BCUT2D eigenvalue weighted by Crippen LogP contribution is -2.50. The third kappa shape index (κ3) is 3.07. The largest absolute Gasteiger partial charge is 0.299 e. The maximum absolute atomic E-state index is 12.7. The number of unbranched alkanes of at least 4 members (excludes halogenated alkanes) is 1. The fourth-order valence-electron chi connectivity index (χ4n) is 4.85. The van der Waals surface area contributed by atoms with Crippen molar-refractivity contribution in [3.8, 4) is 0 Å². The maximum atomic E-state index is 12.7. The lowest BCUT2D eigenvalue weighted by Gasteiger charge is -2.47. The van der Waals surface area contributed by atoms with Gasteiger partial charge in [-0.3, -0.25) is 9.59 Å². The highest BCUT2D eigenvalue weighted by Crippen LogP contribution is 2.50. The van der Waals surface area contributed by atoms with Gasteiger partial charge in [0.1, 0.15) is 5.78 Å². The van der Waals surface area contributed by atoms with Crippen LogP contribution in [0.5, 0.6) is 0 Å². The van der Waals surface area contributed by atoms with E-state index in [0.717, 1.165) is 12.8 Å². The van der Waals surface area contributed by atoms with Crippen LogP contribution in [-0.2, 0) is 9.59 Å². The molecule has 0 aromatic heterocycles. The zero-order chi connectivity index (χ0) is 16.4. The number of Topliss-reactive ketones (excluding diaryl/α,β-unsaturated/α-hetero) is 2. The summed E-state index contributed by atoms with van der Waals surface area (Å²) in [4.78, 5) is 25.4. The van der Waals surface area contributed by atoms with Crippen molar-refractivity contribution < 1.29 is 9.59 Å². The average Bonchev–Trinajstić information content (AvgIpc) is 2.48. The van der Waals surface area contributed by atoms with Gasteiger partial charge in [0, 0.05) is 6.42 Å². The second-order valence-electron chi connectivity index (χ2n) is 7.76. The van der Waals surface area contributed by atoms with Gasteiger partial charge in [-0.2, -0.15) is 0 Å². The normalized spacial score (nSPS) is 35.9. The van der Waals surface area contributed by atoms with Crippen LogP contribution in [0.15, 0.2) is 12.2 Å². The minimum atomic E-state index is -0.368. The Morgan fingerprint density at radius 1 is 1.23 bits per heavy atom. The summed E-state index contributed by atoms with van der Waals surface area (Å²) in [7, 11) is 0. The average molecular weight is 304 g/mol. The summed E-state index contributed by atoms with van der Waals surface area (Å²) in [6.45, 7) is 12.8. The Hall–Kier alpha value is -0.920. The molecule has 5 atom stereocenters. The van der Waals surface area contributed by atoms with Gasteiger partial charge in [-0.05, 0) is 54.4 Å². The standard InChI is InChI=1S/C20H32O2/c1-6-8-9-15-16(12(3)4)11-18(21)19-17(15)10-14(7-2)13(5)20(19)22/h12,14-17,19H,5-11H2,1-4H3. The van der Waals surface area contributed by atoms with Crippen LogP contribution in [0.4, 0.5) is 0 Å². The van der Waals surface area contributed by atoms with Crippen LogP contribution in [0.1, 0.15) is 66.2 Å². The van der Waals surface area contributed by atoms with Gasteiger partial charge in [0.15, 0.2) is 5.78 Å². The fraction of sp³-hybridized carbons (Fsp3) is 0.800. The predicted molar refractivity (Wildman–Crippen MR) is 90.5 cm³/mol. The molecule has 0 saturated heterocycles. The number of hydrogen-bond donors (Lipinski definition) is 0. The zero-order valence-electron chi connectivity index (χ0n) is 14.7. The number of carbonyl (C=O) groups is 2. The predicted octanol–water partition coefficient (Wildman–Crippen LogP) is 4.83. The first-order valence-electron chi connectivity index (χ1n) is 9.17. The molecular weight excluding hydrogens is 272 g/mol. The molecule has 5 unspecified atom stereocenters. The first kappa shape index (κ1) is 17.4. The molecule has 0 radical (unpaired) electrons. The minimum absolute atomic E-state index is 0.0665. The Kier molecular flexibility index (Phi) is 5.63. The van der Waals surface area contributed by atoms with Gasteiger partial charge in [-0.15, -0.1) is 0 Å². The molecule has 2 saturated carbocycles. The smallest absolute Gasteiger partial charge is 0.169 e. The maximum Gasteiger partial charge on any atom is 0.169 e. The van der Waals surface area contributed by atoms with Crippen molar-refractivity contribution >= 4 is 11.6 Å². The van der Waals surface area contributed by atoms with E-state index in [1.807, 2.05) is 0 Å². The van der Waals surface area contributed by atoms with Crippen molar-refractivity contribution in [2.75, 3.05) is 0 Å². The summed E-state index contributed by atoms with van der Waals surface area (Å²) in [5, 5.41) is 0. The van der Waals surface area contributed by atoms with E-state index in [9.17, 15) is 9.59 Å². The minimum Gasteiger partial charge on any atom is -0.299 e. The third-order valence-electron chi connectivity index (χ3n) is 6.20. The summed E-state index contributed by atoms with van der Waals surface area (Å²) >= 11 is 0. The molecule has 0 aliphatic heterocycles. The molecule has 124 valence electrons. The van der Waals surface area contributed by atoms with E-state index in [4.69, 9.17) is 0 Å². The molecule has 2 aliphatic carbocycles. The van der Waals surface area contributed by atoms with Gasteiger partial charge in [0.25, 0.3) is 0 Å². The summed E-state index contributed by atoms with van der Waals surface area (Å²) in [5.74, 6) is 1.96. The number of hydrogen-bond acceptors (Lipinski definition) is 2. The molecule has 0 bridgehead atoms. The fourth-order valence-corrected chi connectivity index (χ4v) is 4.85. The highest BCUT2D eigenvalue weighted by molar-refractivity contribution is 6.11. The third-order valence-corrected chi connectivity index (χ3v) is 6.20. The molecule has 22 heavy (non-hydrogen) atoms. The van der Waals surface area contributed by atoms with Gasteiger partial charge in [-0.25, -0.2) is 0 Å². The van der Waals surface area contributed by atoms with Crippen molar-refractivity contribution in [2.24, 2.45) is 35.5 Å². The summed E-state index contributed by atoms with van der Waals surface area (Å²) in [6, 6.07) is 0. The van der Waals surface area contributed by atoms with E-state index in [-0.39, 0.29) is 29.3 Å². The van der Waals surface area contributed by atoms with Crippen molar-refractivity contribution in [3.63, 3.8) is 0 Å². The highest BCUT2D eigenvalue weighted by atomic mass is 16.2. The lowest BCUT2D eigenvalue weighted by molar-refractivity contribution is -0.143. The van der Waals surface area contributed by atoms with Crippen LogP contribution in [0.3, 0.4) is 0 Å². The number of carbonyl (C=O) groups excluding carboxylic acids is 2. The van der Waals surface area contributed by atoms with Gasteiger partial charge >= 0.3 is 0 Å². The molecule has 2 fully saturated rings. The Bertz CT molecular complexity index is 449. The molecule has 2 rings (SSSR count). The van der Waals surface area contributed by atoms with E-state index in [2.05, 4.69) is 34.3 Å². The Morgan fingerprint density at radius 2 is 1.91 bits per heavy atom. The van der Waals surface area contributed by atoms with Gasteiger partial charge < -0.3 is 0 Å². The summed E-state index contributed by atoms with van der Waals surface area (Å²) in [6.07, 6.45) is 6.12. The molecule has 0 aromatic carbocycles. The van der Waals surface area contributed by atoms with Crippen molar-refractivity contribution in [1.82, 2.24) is 0 Å². The van der Waals surface area contributed by atoms with E-state index < -0.39 is 0 Å². The second-order valence-corrected chi connectivity index (χ2v) is 7.76. The molecule has 0 spiro atoms. The molecular formula is C20H32O2. The van der Waals surface area contributed by atoms with Crippen LogP contribution >= 0.6 is 0 Å².